The van der Waals surface area contributed by atoms with Crippen LogP contribution in [0.15, 0.2) is 48.5 Å². The number of hydrogen-bond donors (Lipinski definition) is 2. The van der Waals surface area contributed by atoms with Crippen LogP contribution in [0.5, 0.6) is 11.5 Å². The van der Waals surface area contributed by atoms with Crippen LogP contribution in [0.4, 0.5) is 0 Å². The maximum Gasteiger partial charge on any atom is 0.174 e. The predicted molar refractivity (Wildman–Crippen MR) is 96.5 cm³/mol. The third kappa shape index (κ3) is 5.21. The minimum atomic E-state index is -0.619. The van der Waals surface area contributed by atoms with Gasteiger partial charge in [0.05, 0.1) is 13.2 Å². The zero-order valence-corrected chi connectivity index (χ0v) is 14.8. The van der Waals surface area contributed by atoms with Crippen molar-refractivity contribution in [1.82, 2.24) is 5.32 Å². The third-order valence-electron chi connectivity index (χ3n) is 4.13. The molecule has 5 nitrogen and oxygen atoms in total. The van der Waals surface area contributed by atoms with Gasteiger partial charge in [0.2, 0.25) is 0 Å². The highest BCUT2D eigenvalue weighted by molar-refractivity contribution is 5.30. The summed E-state index contributed by atoms with van der Waals surface area (Å²) >= 11 is 0. The summed E-state index contributed by atoms with van der Waals surface area (Å²) < 4.78 is 10.4. The smallest absolute Gasteiger partial charge is 0.174 e. The van der Waals surface area contributed by atoms with Crippen molar-refractivity contribution in [3.05, 3.63) is 59.7 Å². The molecule has 0 saturated heterocycles. The molecule has 0 radical (unpaired) electrons. The molecule has 0 aliphatic carbocycles. The lowest BCUT2D eigenvalue weighted by atomic mass is 10.0. The molecule has 3 atom stereocenters. The van der Waals surface area contributed by atoms with E-state index in [0.717, 1.165) is 16.9 Å². The van der Waals surface area contributed by atoms with Crippen molar-refractivity contribution in [2.75, 3.05) is 13.7 Å². The second-order valence-corrected chi connectivity index (χ2v) is 5.91. The maximum atomic E-state index is 10.5. The Bertz CT molecular complexity index is 692. The highest BCUT2D eigenvalue weighted by Crippen LogP contribution is 2.23. The fraction of sp³-hybridized carbons (Fsp3) is 0.350. The highest BCUT2D eigenvalue weighted by atomic mass is 16.5. The van der Waals surface area contributed by atoms with Gasteiger partial charge in [-0.05, 0) is 49.2 Å². The van der Waals surface area contributed by atoms with Gasteiger partial charge in [0.15, 0.2) is 6.61 Å². The molecule has 0 saturated carbocycles. The van der Waals surface area contributed by atoms with E-state index in [4.69, 9.17) is 14.7 Å². The number of hydrogen-bond acceptors (Lipinski definition) is 5. The zero-order valence-electron chi connectivity index (χ0n) is 14.8. The van der Waals surface area contributed by atoms with Crippen LogP contribution in [0.3, 0.4) is 0 Å². The van der Waals surface area contributed by atoms with E-state index in [0.29, 0.717) is 5.75 Å². The minimum absolute atomic E-state index is 0.0399. The lowest BCUT2D eigenvalue weighted by Crippen LogP contribution is -2.34. The Morgan fingerprint density at radius 3 is 2.12 bits per heavy atom. The lowest BCUT2D eigenvalue weighted by Gasteiger charge is -2.25. The van der Waals surface area contributed by atoms with Crippen LogP contribution in [-0.2, 0) is 0 Å². The summed E-state index contributed by atoms with van der Waals surface area (Å²) in [6, 6.07) is 16.9. The number of nitrogens with one attached hydrogen (secondary N) is 1. The number of aliphatic hydroxyl groups is 1. The highest BCUT2D eigenvalue weighted by Gasteiger charge is 2.19. The Balaban J connectivity index is 1.96. The fourth-order valence-corrected chi connectivity index (χ4v) is 2.64. The van der Waals surface area contributed by atoms with E-state index in [2.05, 4.69) is 5.32 Å². The summed E-state index contributed by atoms with van der Waals surface area (Å²) in [6.07, 6.45) is -0.619. The molecule has 2 rings (SSSR count). The van der Waals surface area contributed by atoms with Gasteiger partial charge < -0.3 is 19.9 Å². The molecule has 0 aliphatic heterocycles. The molecule has 2 aromatic carbocycles. The second-order valence-electron chi connectivity index (χ2n) is 5.91. The van der Waals surface area contributed by atoms with Crippen molar-refractivity contribution >= 4 is 0 Å². The SMILES string of the molecule is COc1ccc(C(O)C(C)NC(C)c2ccc(OCC#N)cc2)cc1. The van der Waals surface area contributed by atoms with Gasteiger partial charge in [0, 0.05) is 12.1 Å². The molecule has 2 aromatic rings. The van der Waals surface area contributed by atoms with Crippen molar-refractivity contribution in [2.24, 2.45) is 0 Å². The fourth-order valence-electron chi connectivity index (χ4n) is 2.64. The zero-order chi connectivity index (χ0) is 18.2. The van der Waals surface area contributed by atoms with Crippen LogP contribution in [0.1, 0.15) is 37.1 Å². The Morgan fingerprint density at radius 2 is 1.56 bits per heavy atom. The van der Waals surface area contributed by atoms with E-state index in [-0.39, 0.29) is 18.7 Å². The topological polar surface area (TPSA) is 74.5 Å². The lowest BCUT2D eigenvalue weighted by molar-refractivity contribution is 0.130. The number of nitrogens with zero attached hydrogens (tertiary/aromatic N) is 1. The van der Waals surface area contributed by atoms with Crippen molar-refractivity contribution < 1.29 is 14.6 Å². The van der Waals surface area contributed by atoms with Gasteiger partial charge in [-0.25, -0.2) is 0 Å². The Kier molecular flexibility index (Phi) is 6.81. The van der Waals surface area contributed by atoms with E-state index >= 15 is 0 Å². The molecule has 132 valence electrons. The molecule has 3 unspecified atom stereocenters. The molecule has 0 spiro atoms. The first-order valence-corrected chi connectivity index (χ1v) is 8.23. The van der Waals surface area contributed by atoms with E-state index in [9.17, 15) is 5.11 Å². The summed E-state index contributed by atoms with van der Waals surface area (Å²) in [5.41, 5.74) is 1.92. The molecule has 0 heterocycles. The standard InChI is InChI=1S/C20H24N2O3/c1-14(16-4-10-19(11-5-16)25-13-12-21)22-15(2)20(23)17-6-8-18(24-3)9-7-17/h4-11,14-15,20,22-23H,13H2,1-3H3. The van der Waals surface area contributed by atoms with Crippen LogP contribution in [0.25, 0.3) is 0 Å². The first kappa shape index (κ1) is 18.8. The Morgan fingerprint density at radius 1 is 1.00 bits per heavy atom. The van der Waals surface area contributed by atoms with Crippen molar-refractivity contribution in [1.29, 1.82) is 5.26 Å². The molecule has 0 bridgehead atoms. The maximum absolute atomic E-state index is 10.5. The molecular weight excluding hydrogens is 316 g/mol. The number of methoxy groups -OCH3 is 1. The van der Waals surface area contributed by atoms with Crippen molar-refractivity contribution in [3.63, 3.8) is 0 Å². The van der Waals surface area contributed by atoms with Crippen LogP contribution in [-0.4, -0.2) is 24.9 Å². The summed E-state index contributed by atoms with van der Waals surface area (Å²) in [4.78, 5) is 0. The number of rotatable bonds is 8. The van der Waals surface area contributed by atoms with Crippen LogP contribution in [0, 0.1) is 11.3 Å². The first-order valence-electron chi connectivity index (χ1n) is 8.23. The van der Waals surface area contributed by atoms with Gasteiger partial charge in [-0.1, -0.05) is 24.3 Å². The Hall–Kier alpha value is -2.55. The predicted octanol–water partition coefficient (Wildman–Crippen LogP) is 3.37. The van der Waals surface area contributed by atoms with E-state index in [1.807, 2.05) is 68.4 Å². The second kappa shape index (κ2) is 9.07. The van der Waals surface area contributed by atoms with E-state index in [1.54, 1.807) is 7.11 Å². The van der Waals surface area contributed by atoms with Crippen LogP contribution < -0.4 is 14.8 Å². The number of aliphatic hydroxyl groups excluding tert-OH is 1. The van der Waals surface area contributed by atoms with Gasteiger partial charge in [0.25, 0.3) is 0 Å². The van der Waals surface area contributed by atoms with Crippen LogP contribution in [0.2, 0.25) is 0 Å². The van der Waals surface area contributed by atoms with Gasteiger partial charge in [-0.15, -0.1) is 0 Å². The van der Waals surface area contributed by atoms with Gasteiger partial charge in [-0.2, -0.15) is 5.26 Å². The molecule has 0 aliphatic rings. The van der Waals surface area contributed by atoms with Gasteiger partial charge >= 0.3 is 0 Å². The summed E-state index contributed by atoms with van der Waals surface area (Å²) in [6.45, 7) is 4.04. The Labute approximate surface area is 148 Å². The van der Waals surface area contributed by atoms with Crippen molar-refractivity contribution in [2.45, 2.75) is 32.0 Å². The summed E-state index contributed by atoms with van der Waals surface area (Å²) in [5.74, 6) is 1.44. The average molecular weight is 340 g/mol. The molecule has 25 heavy (non-hydrogen) atoms. The molecule has 5 heteroatoms. The normalized spacial score (nSPS) is 14.2. The first-order chi connectivity index (χ1) is 12.0. The largest absolute Gasteiger partial charge is 0.497 e. The number of ether oxygens (including phenoxy) is 2. The molecule has 0 fully saturated rings. The molecular formula is C20H24N2O3. The quantitative estimate of drug-likeness (QED) is 0.771. The molecule has 2 N–H and O–H groups in total. The monoisotopic (exact) mass is 340 g/mol. The minimum Gasteiger partial charge on any atom is -0.497 e. The third-order valence-corrected chi connectivity index (χ3v) is 4.13. The summed E-state index contributed by atoms with van der Waals surface area (Å²) in [7, 11) is 1.62. The van der Waals surface area contributed by atoms with E-state index in [1.165, 1.54) is 0 Å². The average Bonchev–Trinajstić information content (AvgIpc) is 2.66. The number of nitriles is 1. The number of benzene rings is 2. The van der Waals surface area contributed by atoms with Gasteiger partial charge in [-0.3, -0.25) is 0 Å². The van der Waals surface area contributed by atoms with Crippen LogP contribution >= 0.6 is 0 Å². The molecule has 0 amide bonds. The van der Waals surface area contributed by atoms with E-state index < -0.39 is 6.10 Å². The summed E-state index contributed by atoms with van der Waals surface area (Å²) in [5, 5.41) is 22.5. The van der Waals surface area contributed by atoms with Crippen molar-refractivity contribution in [3.8, 4) is 17.6 Å². The van der Waals surface area contributed by atoms with Gasteiger partial charge in [0.1, 0.15) is 17.6 Å². The molecule has 0 aromatic heterocycles.